The zero-order valence-corrected chi connectivity index (χ0v) is 12.3. The number of benzene rings is 1. The molecule has 18 heavy (non-hydrogen) atoms. The number of hydrogen-bond donors (Lipinski definition) is 1. The zero-order chi connectivity index (χ0) is 13.3. The average Bonchev–Trinajstić information content (AvgIpc) is 2.28. The molecule has 1 aromatic rings. The molecule has 1 aromatic carbocycles. The summed E-state index contributed by atoms with van der Waals surface area (Å²) in [5.41, 5.74) is 9.17. The Kier molecular flexibility index (Phi) is 3.91. The van der Waals surface area contributed by atoms with Gasteiger partial charge >= 0.3 is 0 Å². The van der Waals surface area contributed by atoms with Gasteiger partial charge in [-0.15, -0.1) is 0 Å². The minimum atomic E-state index is 0.486. The van der Waals surface area contributed by atoms with Crippen molar-refractivity contribution in [1.29, 1.82) is 0 Å². The van der Waals surface area contributed by atoms with Gasteiger partial charge < -0.3 is 10.6 Å². The molecule has 2 atom stereocenters. The van der Waals surface area contributed by atoms with Gasteiger partial charge in [0.1, 0.15) is 4.99 Å². The van der Waals surface area contributed by atoms with Crippen LogP contribution in [0.15, 0.2) is 18.2 Å². The minimum absolute atomic E-state index is 0.486. The summed E-state index contributed by atoms with van der Waals surface area (Å²) in [5, 5.41) is 0. The second-order valence-corrected chi connectivity index (χ2v) is 5.98. The number of rotatable bonds is 2. The second-order valence-electron chi connectivity index (χ2n) is 5.54. The molecule has 1 saturated heterocycles. The van der Waals surface area contributed by atoms with Gasteiger partial charge in [-0.05, 0) is 56.4 Å². The third-order valence-electron chi connectivity index (χ3n) is 3.95. The molecule has 0 radical (unpaired) electrons. The summed E-state index contributed by atoms with van der Waals surface area (Å²) in [7, 11) is 0. The van der Waals surface area contributed by atoms with Gasteiger partial charge in [0.05, 0.1) is 0 Å². The van der Waals surface area contributed by atoms with E-state index in [-0.39, 0.29) is 0 Å². The van der Waals surface area contributed by atoms with Crippen molar-refractivity contribution in [3.8, 4) is 0 Å². The topological polar surface area (TPSA) is 29.3 Å². The van der Waals surface area contributed by atoms with Crippen molar-refractivity contribution in [3.05, 3.63) is 29.3 Å². The molecule has 3 heteroatoms. The summed E-state index contributed by atoms with van der Waals surface area (Å²) in [6, 6.07) is 7.02. The minimum Gasteiger partial charge on any atom is -0.389 e. The van der Waals surface area contributed by atoms with E-state index in [2.05, 4.69) is 43.9 Å². The van der Waals surface area contributed by atoms with Crippen LogP contribution in [0.25, 0.3) is 0 Å². The van der Waals surface area contributed by atoms with Gasteiger partial charge in [0.25, 0.3) is 0 Å². The maximum Gasteiger partial charge on any atom is 0.104 e. The fourth-order valence-corrected chi connectivity index (χ4v) is 3.12. The summed E-state index contributed by atoms with van der Waals surface area (Å²) < 4.78 is 0. The molecular weight excluding hydrogens is 240 g/mol. The van der Waals surface area contributed by atoms with E-state index in [1.165, 1.54) is 24.1 Å². The molecule has 1 heterocycles. The molecule has 2 rings (SSSR count). The van der Waals surface area contributed by atoms with Crippen LogP contribution in [0.1, 0.15) is 37.8 Å². The number of anilines is 1. The van der Waals surface area contributed by atoms with Gasteiger partial charge in [0, 0.05) is 23.8 Å². The third kappa shape index (κ3) is 2.66. The first-order valence-corrected chi connectivity index (χ1v) is 7.07. The highest BCUT2D eigenvalue weighted by Gasteiger charge is 2.23. The van der Waals surface area contributed by atoms with Crippen molar-refractivity contribution < 1.29 is 0 Å². The smallest absolute Gasteiger partial charge is 0.104 e. The normalized spacial score (nSPS) is 24.1. The Bertz CT molecular complexity index is 456. The molecule has 1 aliphatic heterocycles. The maximum absolute atomic E-state index is 5.71. The Hall–Kier alpha value is -1.09. The first kappa shape index (κ1) is 13.3. The van der Waals surface area contributed by atoms with Gasteiger partial charge in [-0.3, -0.25) is 0 Å². The number of nitrogens with two attached hydrogens (primary N) is 1. The Labute approximate surface area is 115 Å². The van der Waals surface area contributed by atoms with E-state index in [1.54, 1.807) is 0 Å². The largest absolute Gasteiger partial charge is 0.389 e. The lowest BCUT2D eigenvalue weighted by Gasteiger charge is -2.38. The summed E-state index contributed by atoms with van der Waals surface area (Å²) in [4.78, 5) is 2.98. The highest BCUT2D eigenvalue weighted by Crippen LogP contribution is 2.28. The van der Waals surface area contributed by atoms with Gasteiger partial charge in [0.15, 0.2) is 0 Å². The SMILES string of the molecule is Cc1cc(N2CCC(C)CC2C)ccc1C(N)=S. The first-order valence-electron chi connectivity index (χ1n) is 6.66. The molecule has 0 bridgehead atoms. The van der Waals surface area contributed by atoms with E-state index in [9.17, 15) is 0 Å². The van der Waals surface area contributed by atoms with Crippen molar-refractivity contribution in [2.45, 2.75) is 39.7 Å². The second kappa shape index (κ2) is 5.27. The van der Waals surface area contributed by atoms with Crippen molar-refractivity contribution in [2.24, 2.45) is 11.7 Å². The number of thiocarbonyl (C=S) groups is 1. The summed E-state index contributed by atoms with van der Waals surface area (Å²) >= 11 is 5.05. The highest BCUT2D eigenvalue weighted by atomic mass is 32.1. The van der Waals surface area contributed by atoms with Gasteiger partial charge in [-0.1, -0.05) is 19.1 Å². The molecule has 98 valence electrons. The standard InChI is InChI=1S/C15H22N2S/c1-10-6-7-17(12(3)8-10)13-4-5-14(15(16)18)11(2)9-13/h4-5,9-10,12H,6-8H2,1-3H3,(H2,16,18). The van der Waals surface area contributed by atoms with Crippen molar-refractivity contribution in [1.82, 2.24) is 0 Å². The lowest BCUT2D eigenvalue weighted by atomic mass is 9.92. The van der Waals surface area contributed by atoms with Crippen LogP contribution in [0.4, 0.5) is 5.69 Å². The Morgan fingerprint density at radius 3 is 2.67 bits per heavy atom. The van der Waals surface area contributed by atoms with Crippen molar-refractivity contribution in [2.75, 3.05) is 11.4 Å². The molecule has 2 unspecified atom stereocenters. The van der Waals surface area contributed by atoms with E-state index < -0.39 is 0 Å². The molecule has 2 N–H and O–H groups in total. The van der Waals surface area contributed by atoms with Crippen LogP contribution < -0.4 is 10.6 Å². The summed E-state index contributed by atoms with van der Waals surface area (Å²) in [6.45, 7) is 7.88. The van der Waals surface area contributed by atoms with E-state index in [1.807, 2.05) is 0 Å². The van der Waals surface area contributed by atoms with Gasteiger partial charge in [-0.25, -0.2) is 0 Å². The monoisotopic (exact) mass is 262 g/mol. The Balaban J connectivity index is 2.24. The van der Waals surface area contributed by atoms with Gasteiger partial charge in [0.2, 0.25) is 0 Å². The third-order valence-corrected chi connectivity index (χ3v) is 4.17. The van der Waals surface area contributed by atoms with Gasteiger partial charge in [-0.2, -0.15) is 0 Å². The van der Waals surface area contributed by atoms with Crippen LogP contribution in [-0.4, -0.2) is 17.6 Å². The molecule has 1 aliphatic rings. The maximum atomic E-state index is 5.71. The Morgan fingerprint density at radius 1 is 1.39 bits per heavy atom. The summed E-state index contributed by atoms with van der Waals surface area (Å²) in [5.74, 6) is 0.841. The van der Waals surface area contributed by atoms with Crippen LogP contribution in [0.2, 0.25) is 0 Å². The molecule has 0 amide bonds. The van der Waals surface area contributed by atoms with Crippen molar-refractivity contribution in [3.63, 3.8) is 0 Å². The summed E-state index contributed by atoms with van der Waals surface area (Å²) in [6.07, 6.45) is 2.55. The quantitative estimate of drug-likeness (QED) is 0.830. The van der Waals surface area contributed by atoms with Crippen LogP contribution in [0, 0.1) is 12.8 Å². The fourth-order valence-electron chi connectivity index (χ4n) is 2.89. The first-order chi connectivity index (χ1) is 8.49. The van der Waals surface area contributed by atoms with Crippen LogP contribution in [-0.2, 0) is 0 Å². The highest BCUT2D eigenvalue weighted by molar-refractivity contribution is 7.80. The number of nitrogens with zero attached hydrogens (tertiary/aromatic N) is 1. The molecule has 1 fully saturated rings. The van der Waals surface area contributed by atoms with Crippen LogP contribution >= 0.6 is 12.2 Å². The molecular formula is C15H22N2S. The average molecular weight is 262 g/mol. The molecule has 0 aromatic heterocycles. The van der Waals surface area contributed by atoms with E-state index >= 15 is 0 Å². The van der Waals surface area contributed by atoms with Crippen molar-refractivity contribution >= 4 is 22.9 Å². The van der Waals surface area contributed by atoms with Crippen LogP contribution in [0.3, 0.4) is 0 Å². The molecule has 2 nitrogen and oxygen atoms in total. The number of hydrogen-bond acceptors (Lipinski definition) is 2. The zero-order valence-electron chi connectivity index (χ0n) is 11.4. The fraction of sp³-hybridized carbons (Fsp3) is 0.533. The predicted molar refractivity (Wildman–Crippen MR) is 82.3 cm³/mol. The molecule has 0 spiro atoms. The predicted octanol–water partition coefficient (Wildman–Crippen LogP) is 3.25. The van der Waals surface area contributed by atoms with E-state index in [0.717, 1.165) is 18.0 Å². The lowest BCUT2D eigenvalue weighted by molar-refractivity contribution is 0.378. The molecule has 0 saturated carbocycles. The Morgan fingerprint density at radius 2 is 2.11 bits per heavy atom. The van der Waals surface area contributed by atoms with E-state index in [4.69, 9.17) is 18.0 Å². The van der Waals surface area contributed by atoms with Crippen LogP contribution in [0.5, 0.6) is 0 Å². The number of aryl methyl sites for hydroxylation is 1. The lowest BCUT2D eigenvalue weighted by Crippen LogP contribution is -2.40. The number of piperidine rings is 1. The molecule has 0 aliphatic carbocycles. The van der Waals surface area contributed by atoms with E-state index in [0.29, 0.717) is 11.0 Å².